The van der Waals surface area contributed by atoms with E-state index in [2.05, 4.69) is 75.5 Å². The highest BCUT2D eigenvalue weighted by Crippen LogP contribution is 2.45. The lowest BCUT2D eigenvalue weighted by Gasteiger charge is -2.26. The van der Waals surface area contributed by atoms with E-state index in [9.17, 15) is 0 Å². The number of anilines is 2. The first-order valence-electron chi connectivity index (χ1n) is 8.22. The number of rotatable bonds is 4. The van der Waals surface area contributed by atoms with E-state index in [4.69, 9.17) is 0 Å². The standard InChI is InChI=1S/C20H25NS/c1-13(2)11-16(14(3)4)15-9-10-20-18(12-15)21-17-7-5-6-8-19(17)22-20/h5-10,12-14,16,21H,11H2,1-4H3. The summed E-state index contributed by atoms with van der Waals surface area (Å²) >= 11 is 1.86. The zero-order valence-corrected chi connectivity index (χ0v) is 14.7. The van der Waals surface area contributed by atoms with Gasteiger partial charge in [0, 0.05) is 9.79 Å². The maximum atomic E-state index is 3.61. The summed E-state index contributed by atoms with van der Waals surface area (Å²) in [5, 5.41) is 3.61. The van der Waals surface area contributed by atoms with Crippen LogP contribution >= 0.6 is 11.8 Å². The number of hydrogen-bond donors (Lipinski definition) is 1. The molecule has 0 spiro atoms. The maximum Gasteiger partial charge on any atom is 0.0529 e. The fourth-order valence-electron chi connectivity index (χ4n) is 3.19. The zero-order chi connectivity index (χ0) is 15.7. The minimum Gasteiger partial charge on any atom is -0.354 e. The van der Waals surface area contributed by atoms with Crippen molar-refractivity contribution in [3.63, 3.8) is 0 Å². The van der Waals surface area contributed by atoms with E-state index in [1.54, 1.807) is 0 Å². The Bertz CT molecular complexity index is 661. The predicted octanol–water partition coefficient (Wildman–Crippen LogP) is 6.68. The van der Waals surface area contributed by atoms with Gasteiger partial charge in [0.15, 0.2) is 0 Å². The second-order valence-corrected chi connectivity index (χ2v) is 8.04. The Balaban J connectivity index is 1.91. The number of para-hydroxylation sites is 1. The molecule has 0 saturated carbocycles. The van der Waals surface area contributed by atoms with Crippen LogP contribution in [0.15, 0.2) is 52.3 Å². The first-order valence-corrected chi connectivity index (χ1v) is 9.04. The van der Waals surface area contributed by atoms with Gasteiger partial charge in [0.05, 0.1) is 11.4 Å². The molecule has 0 saturated heterocycles. The monoisotopic (exact) mass is 311 g/mol. The SMILES string of the molecule is CC(C)CC(c1ccc2c(c1)Nc1ccccc1S2)C(C)C. The number of nitrogens with one attached hydrogen (secondary N) is 1. The number of fused-ring (bicyclic) bond motifs is 2. The Labute approximate surface area is 138 Å². The summed E-state index contributed by atoms with van der Waals surface area (Å²) in [6, 6.07) is 15.5. The second kappa shape index (κ2) is 6.37. The van der Waals surface area contributed by atoms with Crippen LogP contribution in [-0.2, 0) is 0 Å². The Morgan fingerprint density at radius 3 is 2.36 bits per heavy atom. The van der Waals surface area contributed by atoms with Crippen molar-refractivity contribution in [2.24, 2.45) is 11.8 Å². The van der Waals surface area contributed by atoms with Crippen LogP contribution in [0, 0.1) is 11.8 Å². The van der Waals surface area contributed by atoms with E-state index in [1.165, 1.54) is 33.2 Å². The molecule has 0 amide bonds. The molecule has 2 aromatic carbocycles. The van der Waals surface area contributed by atoms with Crippen LogP contribution in [0.25, 0.3) is 0 Å². The van der Waals surface area contributed by atoms with Gasteiger partial charge in [-0.2, -0.15) is 0 Å². The molecule has 1 atom stereocenters. The fraction of sp³-hybridized carbons (Fsp3) is 0.400. The summed E-state index contributed by atoms with van der Waals surface area (Å²) < 4.78 is 0. The Morgan fingerprint density at radius 1 is 0.909 bits per heavy atom. The average Bonchev–Trinajstić information content (AvgIpc) is 2.49. The molecule has 0 radical (unpaired) electrons. The first-order chi connectivity index (χ1) is 10.5. The van der Waals surface area contributed by atoms with Gasteiger partial charge in [0.1, 0.15) is 0 Å². The lowest BCUT2D eigenvalue weighted by Crippen LogP contribution is -2.11. The number of hydrogen-bond acceptors (Lipinski definition) is 2. The smallest absolute Gasteiger partial charge is 0.0529 e. The van der Waals surface area contributed by atoms with Crippen LogP contribution in [0.3, 0.4) is 0 Å². The molecule has 0 aliphatic carbocycles. The van der Waals surface area contributed by atoms with Crippen molar-refractivity contribution in [3.8, 4) is 0 Å². The summed E-state index contributed by atoms with van der Waals surface area (Å²) in [4.78, 5) is 2.64. The van der Waals surface area contributed by atoms with Gasteiger partial charge in [0.25, 0.3) is 0 Å². The summed E-state index contributed by atoms with van der Waals surface area (Å²) in [5.74, 6) is 2.03. The lowest BCUT2D eigenvalue weighted by molar-refractivity contribution is 0.408. The third kappa shape index (κ3) is 3.17. The van der Waals surface area contributed by atoms with E-state index in [0.717, 1.165) is 5.92 Å². The Kier molecular flexibility index (Phi) is 4.49. The zero-order valence-electron chi connectivity index (χ0n) is 13.9. The lowest BCUT2D eigenvalue weighted by atomic mass is 9.82. The molecule has 1 unspecified atom stereocenters. The van der Waals surface area contributed by atoms with E-state index in [-0.39, 0.29) is 0 Å². The molecule has 1 heterocycles. The first kappa shape index (κ1) is 15.5. The largest absolute Gasteiger partial charge is 0.354 e. The molecule has 1 nitrogen and oxygen atoms in total. The van der Waals surface area contributed by atoms with Gasteiger partial charge in [-0.3, -0.25) is 0 Å². The molecule has 0 aromatic heterocycles. The molecule has 2 aromatic rings. The van der Waals surface area contributed by atoms with Crippen LogP contribution in [0.4, 0.5) is 11.4 Å². The van der Waals surface area contributed by atoms with Gasteiger partial charge in [-0.05, 0) is 54.0 Å². The van der Waals surface area contributed by atoms with Gasteiger partial charge in [-0.15, -0.1) is 0 Å². The minimum absolute atomic E-state index is 0.634. The van der Waals surface area contributed by atoms with Crippen LogP contribution < -0.4 is 5.32 Å². The van der Waals surface area contributed by atoms with Crippen LogP contribution in [0.2, 0.25) is 0 Å². The Morgan fingerprint density at radius 2 is 1.64 bits per heavy atom. The van der Waals surface area contributed by atoms with Crippen molar-refractivity contribution in [3.05, 3.63) is 48.0 Å². The second-order valence-electron chi connectivity index (χ2n) is 6.96. The fourth-order valence-corrected chi connectivity index (χ4v) is 4.16. The van der Waals surface area contributed by atoms with Crippen LogP contribution in [-0.4, -0.2) is 0 Å². The molecule has 116 valence electrons. The summed E-state index contributed by atoms with van der Waals surface area (Å²) in [7, 11) is 0. The van der Waals surface area contributed by atoms with Crippen molar-refractivity contribution < 1.29 is 0 Å². The van der Waals surface area contributed by atoms with Gasteiger partial charge in [-0.1, -0.05) is 57.7 Å². The van der Waals surface area contributed by atoms with Crippen molar-refractivity contribution in [2.45, 2.75) is 49.8 Å². The van der Waals surface area contributed by atoms with Crippen molar-refractivity contribution >= 4 is 23.1 Å². The minimum atomic E-state index is 0.634. The van der Waals surface area contributed by atoms with Crippen molar-refractivity contribution in [1.82, 2.24) is 0 Å². The molecular formula is C20H25NS. The molecule has 1 aliphatic rings. The highest BCUT2D eigenvalue weighted by atomic mass is 32.2. The molecule has 3 rings (SSSR count). The van der Waals surface area contributed by atoms with Crippen LogP contribution in [0.1, 0.15) is 45.6 Å². The molecule has 2 heteroatoms. The highest BCUT2D eigenvalue weighted by molar-refractivity contribution is 7.99. The third-order valence-corrected chi connectivity index (χ3v) is 5.49. The Hall–Kier alpha value is -1.41. The molecule has 22 heavy (non-hydrogen) atoms. The van der Waals surface area contributed by atoms with Gasteiger partial charge >= 0.3 is 0 Å². The molecule has 1 N–H and O–H groups in total. The molecule has 1 aliphatic heterocycles. The predicted molar refractivity (Wildman–Crippen MR) is 97.3 cm³/mol. The molecule has 0 fully saturated rings. The van der Waals surface area contributed by atoms with Crippen molar-refractivity contribution in [1.29, 1.82) is 0 Å². The quantitative estimate of drug-likeness (QED) is 0.576. The molecular weight excluding hydrogens is 286 g/mol. The average molecular weight is 311 g/mol. The highest BCUT2D eigenvalue weighted by Gasteiger charge is 2.21. The third-order valence-electron chi connectivity index (χ3n) is 4.34. The normalized spacial score (nSPS) is 14.5. The molecule has 0 bridgehead atoms. The van der Waals surface area contributed by atoms with E-state index < -0.39 is 0 Å². The van der Waals surface area contributed by atoms with E-state index in [1.807, 2.05) is 11.8 Å². The van der Waals surface area contributed by atoms with E-state index in [0.29, 0.717) is 11.8 Å². The van der Waals surface area contributed by atoms with E-state index >= 15 is 0 Å². The maximum absolute atomic E-state index is 3.61. The summed E-state index contributed by atoms with van der Waals surface area (Å²) in [5.41, 5.74) is 3.95. The summed E-state index contributed by atoms with van der Waals surface area (Å²) in [6.07, 6.45) is 1.25. The van der Waals surface area contributed by atoms with Gasteiger partial charge < -0.3 is 5.32 Å². The number of benzene rings is 2. The van der Waals surface area contributed by atoms with Gasteiger partial charge in [-0.25, -0.2) is 0 Å². The summed E-state index contributed by atoms with van der Waals surface area (Å²) in [6.45, 7) is 9.31. The van der Waals surface area contributed by atoms with Gasteiger partial charge in [0.2, 0.25) is 0 Å². The topological polar surface area (TPSA) is 12.0 Å². The van der Waals surface area contributed by atoms with Crippen molar-refractivity contribution in [2.75, 3.05) is 5.32 Å². The van der Waals surface area contributed by atoms with Crippen LogP contribution in [0.5, 0.6) is 0 Å².